The molecular formula is C16H32N4S. The first-order valence-corrected chi connectivity index (χ1v) is 8.64. The summed E-state index contributed by atoms with van der Waals surface area (Å²) in [7, 11) is 6.39. The maximum atomic E-state index is 4.82. The molecule has 0 saturated heterocycles. The fourth-order valence-electron chi connectivity index (χ4n) is 2.01. The van der Waals surface area contributed by atoms with Crippen molar-refractivity contribution in [2.24, 2.45) is 0 Å². The van der Waals surface area contributed by atoms with Crippen molar-refractivity contribution < 1.29 is 0 Å². The van der Waals surface area contributed by atoms with E-state index < -0.39 is 0 Å². The Labute approximate surface area is 134 Å². The van der Waals surface area contributed by atoms with Gasteiger partial charge in [-0.05, 0) is 54.3 Å². The minimum absolute atomic E-state index is 0.146. The third kappa shape index (κ3) is 6.76. The smallest absolute Gasteiger partial charge is 0.185 e. The van der Waals surface area contributed by atoms with Crippen LogP contribution in [0.2, 0.25) is 0 Å². The summed E-state index contributed by atoms with van der Waals surface area (Å²) in [6.07, 6.45) is 2.17. The van der Waals surface area contributed by atoms with E-state index in [1.54, 1.807) is 0 Å². The minimum atomic E-state index is 0.146. The third-order valence-electron chi connectivity index (χ3n) is 3.31. The van der Waals surface area contributed by atoms with Crippen LogP contribution in [0.1, 0.15) is 44.7 Å². The number of aryl methyl sites for hydroxylation is 1. The number of aromatic nitrogens is 1. The van der Waals surface area contributed by atoms with Crippen LogP contribution in [0.4, 0.5) is 5.13 Å². The molecular weight excluding hydrogens is 280 g/mol. The van der Waals surface area contributed by atoms with Crippen molar-refractivity contribution in [3.63, 3.8) is 0 Å². The lowest BCUT2D eigenvalue weighted by Gasteiger charge is -2.20. The molecule has 0 amide bonds. The van der Waals surface area contributed by atoms with Crippen LogP contribution in [-0.4, -0.2) is 49.7 Å². The van der Waals surface area contributed by atoms with Crippen LogP contribution >= 0.6 is 11.3 Å². The van der Waals surface area contributed by atoms with Crippen molar-refractivity contribution in [2.45, 2.75) is 52.6 Å². The Morgan fingerprint density at radius 3 is 2.33 bits per heavy atom. The van der Waals surface area contributed by atoms with Gasteiger partial charge in [0, 0.05) is 30.6 Å². The zero-order valence-electron chi connectivity index (χ0n) is 14.8. The van der Waals surface area contributed by atoms with Crippen molar-refractivity contribution in [1.29, 1.82) is 0 Å². The molecule has 1 rings (SSSR count). The summed E-state index contributed by atoms with van der Waals surface area (Å²) in [5.41, 5.74) is 1.39. The molecule has 0 saturated carbocycles. The Morgan fingerprint density at radius 2 is 1.81 bits per heavy atom. The highest BCUT2D eigenvalue weighted by Crippen LogP contribution is 2.26. The van der Waals surface area contributed by atoms with E-state index in [2.05, 4.69) is 64.0 Å². The van der Waals surface area contributed by atoms with E-state index >= 15 is 0 Å². The lowest BCUT2D eigenvalue weighted by Crippen LogP contribution is -2.35. The average molecular weight is 313 g/mol. The molecule has 0 atom stereocenters. The highest BCUT2D eigenvalue weighted by molar-refractivity contribution is 7.15. The number of rotatable bonds is 8. The molecule has 0 aliphatic carbocycles. The molecule has 0 aliphatic heterocycles. The minimum Gasteiger partial charge on any atom is -0.351 e. The molecule has 1 N–H and O–H groups in total. The van der Waals surface area contributed by atoms with Crippen LogP contribution in [0, 0.1) is 0 Å². The van der Waals surface area contributed by atoms with Crippen LogP contribution in [0.3, 0.4) is 0 Å². The summed E-state index contributed by atoms with van der Waals surface area (Å²) in [5, 5.41) is 4.72. The van der Waals surface area contributed by atoms with Gasteiger partial charge in [-0.15, -0.1) is 11.3 Å². The van der Waals surface area contributed by atoms with E-state index in [0.29, 0.717) is 0 Å². The predicted molar refractivity (Wildman–Crippen MR) is 94.5 cm³/mol. The maximum Gasteiger partial charge on any atom is 0.185 e. The summed E-state index contributed by atoms with van der Waals surface area (Å²) in [4.78, 5) is 10.7. The highest BCUT2D eigenvalue weighted by Gasteiger charge is 2.15. The van der Waals surface area contributed by atoms with E-state index in [0.717, 1.165) is 31.2 Å². The van der Waals surface area contributed by atoms with Gasteiger partial charge in [-0.2, -0.15) is 0 Å². The van der Waals surface area contributed by atoms with Gasteiger partial charge < -0.3 is 15.1 Å². The monoisotopic (exact) mass is 312 g/mol. The van der Waals surface area contributed by atoms with Gasteiger partial charge in [-0.1, -0.05) is 6.92 Å². The zero-order valence-corrected chi connectivity index (χ0v) is 15.6. The summed E-state index contributed by atoms with van der Waals surface area (Å²) >= 11 is 1.83. The van der Waals surface area contributed by atoms with Gasteiger partial charge in [0.1, 0.15) is 0 Å². The second-order valence-corrected chi connectivity index (χ2v) is 7.96. The van der Waals surface area contributed by atoms with Crippen molar-refractivity contribution >= 4 is 16.5 Å². The van der Waals surface area contributed by atoms with Crippen molar-refractivity contribution in [2.75, 3.05) is 39.1 Å². The summed E-state index contributed by atoms with van der Waals surface area (Å²) in [5.74, 6) is 0. The summed E-state index contributed by atoms with van der Waals surface area (Å²) < 4.78 is 0. The molecule has 5 heteroatoms. The summed E-state index contributed by atoms with van der Waals surface area (Å²) in [6.45, 7) is 11.9. The van der Waals surface area contributed by atoms with Gasteiger partial charge in [0.2, 0.25) is 0 Å². The van der Waals surface area contributed by atoms with Crippen molar-refractivity contribution in [3.05, 3.63) is 10.6 Å². The quantitative estimate of drug-likeness (QED) is 0.799. The van der Waals surface area contributed by atoms with Gasteiger partial charge in [0.25, 0.3) is 0 Å². The normalized spacial score (nSPS) is 12.2. The number of hydrogen-bond acceptors (Lipinski definition) is 5. The van der Waals surface area contributed by atoms with Gasteiger partial charge in [-0.25, -0.2) is 4.98 Å². The molecule has 0 bridgehead atoms. The fourth-order valence-corrected chi connectivity index (χ4v) is 3.09. The summed E-state index contributed by atoms with van der Waals surface area (Å²) in [6, 6.07) is 0. The highest BCUT2D eigenvalue weighted by atomic mass is 32.1. The predicted octanol–water partition coefficient (Wildman–Crippen LogP) is 2.98. The van der Waals surface area contributed by atoms with E-state index in [9.17, 15) is 0 Å². The van der Waals surface area contributed by atoms with Crippen LogP contribution < -0.4 is 10.2 Å². The van der Waals surface area contributed by atoms with Crippen LogP contribution in [0.5, 0.6) is 0 Å². The second-order valence-electron chi connectivity index (χ2n) is 6.90. The Balaban J connectivity index is 2.65. The molecule has 0 spiro atoms. The van der Waals surface area contributed by atoms with Gasteiger partial charge in [0.15, 0.2) is 5.13 Å². The fraction of sp³-hybridized carbons (Fsp3) is 0.812. The average Bonchev–Trinajstić information content (AvgIpc) is 2.78. The molecule has 4 nitrogen and oxygen atoms in total. The Kier molecular flexibility index (Phi) is 7.10. The van der Waals surface area contributed by atoms with Crippen molar-refractivity contribution in [3.8, 4) is 0 Å². The standard InChI is InChI=1S/C16H32N4S/c1-8-13-14(12-17-16(2,3)4)21-15(18-13)20(7)11-9-10-19(5)6/h17H,8-12H2,1-7H3. The van der Waals surface area contributed by atoms with Gasteiger partial charge in [-0.3, -0.25) is 0 Å². The van der Waals surface area contributed by atoms with E-state index in [1.165, 1.54) is 17.0 Å². The SMILES string of the molecule is CCc1nc(N(C)CCCN(C)C)sc1CNC(C)(C)C. The Bertz CT molecular complexity index is 420. The topological polar surface area (TPSA) is 31.4 Å². The van der Waals surface area contributed by atoms with Crippen molar-refractivity contribution in [1.82, 2.24) is 15.2 Å². The van der Waals surface area contributed by atoms with E-state index in [1.807, 2.05) is 11.3 Å². The number of hydrogen-bond donors (Lipinski definition) is 1. The molecule has 1 aromatic heterocycles. The first-order chi connectivity index (χ1) is 9.73. The van der Waals surface area contributed by atoms with Crippen LogP contribution in [0.25, 0.3) is 0 Å². The third-order valence-corrected chi connectivity index (χ3v) is 4.52. The number of nitrogens with one attached hydrogen (secondary N) is 1. The first kappa shape index (κ1) is 18.4. The molecule has 0 fully saturated rings. The number of anilines is 1. The molecule has 0 aromatic carbocycles. The van der Waals surface area contributed by atoms with Crippen LogP contribution in [-0.2, 0) is 13.0 Å². The molecule has 1 heterocycles. The van der Waals surface area contributed by atoms with E-state index in [4.69, 9.17) is 4.98 Å². The molecule has 0 unspecified atom stereocenters. The number of nitrogens with zero attached hydrogens (tertiary/aromatic N) is 3. The molecule has 1 aromatic rings. The molecule has 122 valence electrons. The van der Waals surface area contributed by atoms with E-state index in [-0.39, 0.29) is 5.54 Å². The zero-order chi connectivity index (χ0) is 16.0. The lowest BCUT2D eigenvalue weighted by atomic mass is 10.1. The first-order valence-electron chi connectivity index (χ1n) is 7.82. The Morgan fingerprint density at radius 1 is 1.14 bits per heavy atom. The Hall–Kier alpha value is -0.650. The van der Waals surface area contributed by atoms with Crippen LogP contribution in [0.15, 0.2) is 0 Å². The number of thiazole rings is 1. The van der Waals surface area contributed by atoms with Gasteiger partial charge in [0.05, 0.1) is 5.69 Å². The second kappa shape index (κ2) is 8.11. The molecule has 0 aliphatic rings. The molecule has 21 heavy (non-hydrogen) atoms. The lowest BCUT2D eigenvalue weighted by molar-refractivity contribution is 0.401. The largest absolute Gasteiger partial charge is 0.351 e. The molecule has 0 radical (unpaired) electrons. The van der Waals surface area contributed by atoms with Gasteiger partial charge >= 0.3 is 0 Å². The maximum absolute atomic E-state index is 4.82.